The van der Waals surface area contributed by atoms with E-state index < -0.39 is 4.92 Å². The number of non-ortho nitro benzene ring substituents is 1. The second-order valence-electron chi connectivity index (χ2n) is 4.54. The van der Waals surface area contributed by atoms with Crippen molar-refractivity contribution in [2.45, 2.75) is 25.6 Å². The number of hydrogen-bond acceptors (Lipinski definition) is 3. The lowest BCUT2D eigenvalue weighted by atomic mass is 10.1. The predicted octanol–water partition coefficient (Wildman–Crippen LogP) is 3.64. The molecule has 0 atom stereocenters. The summed E-state index contributed by atoms with van der Waals surface area (Å²) < 4.78 is 1.71. The molecule has 1 heterocycles. The van der Waals surface area contributed by atoms with Crippen molar-refractivity contribution < 1.29 is 4.92 Å². The molecule has 5 nitrogen and oxygen atoms in total. The molecule has 0 aliphatic rings. The first-order valence-electron chi connectivity index (χ1n) is 5.92. The van der Waals surface area contributed by atoms with E-state index in [4.69, 9.17) is 11.6 Å². The highest BCUT2D eigenvalue weighted by Gasteiger charge is 2.13. The van der Waals surface area contributed by atoms with Crippen molar-refractivity contribution in [3.05, 3.63) is 51.8 Å². The predicted molar refractivity (Wildman–Crippen MR) is 73.9 cm³/mol. The molecule has 0 bridgehead atoms. The van der Waals surface area contributed by atoms with Crippen LogP contribution in [-0.2, 0) is 5.88 Å². The van der Waals surface area contributed by atoms with Crippen molar-refractivity contribution in [2.75, 3.05) is 0 Å². The van der Waals surface area contributed by atoms with Crippen LogP contribution in [0.15, 0.2) is 30.5 Å². The highest BCUT2D eigenvalue weighted by Crippen LogP contribution is 2.23. The van der Waals surface area contributed by atoms with Gasteiger partial charge >= 0.3 is 0 Å². The minimum Gasteiger partial charge on any atom is -0.258 e. The summed E-state index contributed by atoms with van der Waals surface area (Å²) in [4.78, 5) is 10.3. The number of hydrogen-bond donors (Lipinski definition) is 0. The van der Waals surface area contributed by atoms with Gasteiger partial charge in [0.2, 0.25) is 0 Å². The Hall–Kier alpha value is -1.88. The number of alkyl halides is 1. The maximum atomic E-state index is 10.8. The molecule has 0 aliphatic heterocycles. The maximum absolute atomic E-state index is 10.8. The average molecular weight is 280 g/mol. The van der Waals surface area contributed by atoms with Crippen LogP contribution in [0, 0.1) is 10.1 Å². The van der Waals surface area contributed by atoms with Crippen molar-refractivity contribution >= 4 is 17.3 Å². The van der Waals surface area contributed by atoms with Gasteiger partial charge in [0.15, 0.2) is 0 Å². The molecular formula is C13H14ClN3O2. The number of benzene rings is 1. The Bertz CT molecular complexity index is 608. The summed E-state index contributed by atoms with van der Waals surface area (Å²) in [6.45, 7) is 4.12. The molecule has 0 radical (unpaired) electrons. The standard InChI is InChI=1S/C13H14ClN3O2/c1-9(2)12-5-6-16(15-12)13-4-3-11(17(18)19)7-10(13)8-14/h3-7,9H,8H2,1-2H3. The van der Waals surface area contributed by atoms with Crippen LogP contribution in [0.1, 0.15) is 31.0 Å². The van der Waals surface area contributed by atoms with E-state index in [1.165, 1.54) is 12.1 Å². The van der Waals surface area contributed by atoms with Crippen molar-refractivity contribution in [3.63, 3.8) is 0 Å². The van der Waals surface area contributed by atoms with Crippen LogP contribution >= 0.6 is 11.6 Å². The zero-order valence-corrected chi connectivity index (χ0v) is 11.5. The number of rotatable bonds is 4. The molecule has 0 amide bonds. The third kappa shape index (κ3) is 2.76. The summed E-state index contributed by atoms with van der Waals surface area (Å²) in [7, 11) is 0. The molecule has 0 spiro atoms. The van der Waals surface area contributed by atoms with E-state index in [-0.39, 0.29) is 11.6 Å². The fourth-order valence-corrected chi connectivity index (χ4v) is 2.01. The second-order valence-corrected chi connectivity index (χ2v) is 4.81. The number of halogens is 1. The van der Waals surface area contributed by atoms with Crippen LogP contribution in [0.4, 0.5) is 5.69 Å². The minimum absolute atomic E-state index is 0.0376. The largest absolute Gasteiger partial charge is 0.269 e. The molecule has 0 unspecified atom stereocenters. The third-order valence-corrected chi connectivity index (χ3v) is 3.15. The quantitative estimate of drug-likeness (QED) is 0.488. The van der Waals surface area contributed by atoms with Gasteiger partial charge in [-0.05, 0) is 23.6 Å². The Morgan fingerprint density at radius 3 is 2.68 bits per heavy atom. The number of nitrogens with zero attached hydrogens (tertiary/aromatic N) is 3. The first-order chi connectivity index (χ1) is 9.02. The van der Waals surface area contributed by atoms with Gasteiger partial charge in [-0.25, -0.2) is 4.68 Å². The monoisotopic (exact) mass is 279 g/mol. The Morgan fingerprint density at radius 2 is 2.16 bits per heavy atom. The van der Waals surface area contributed by atoms with Crippen molar-refractivity contribution in [1.29, 1.82) is 0 Å². The van der Waals surface area contributed by atoms with Crippen LogP contribution in [0.3, 0.4) is 0 Å². The van der Waals surface area contributed by atoms with Crippen LogP contribution in [0.25, 0.3) is 5.69 Å². The molecule has 100 valence electrons. The van der Waals surface area contributed by atoms with Gasteiger partial charge in [-0.1, -0.05) is 13.8 Å². The van der Waals surface area contributed by atoms with Gasteiger partial charge < -0.3 is 0 Å². The molecule has 2 aromatic rings. The lowest BCUT2D eigenvalue weighted by Gasteiger charge is -2.07. The smallest absolute Gasteiger partial charge is 0.258 e. The molecular weight excluding hydrogens is 266 g/mol. The second kappa shape index (κ2) is 5.40. The fraction of sp³-hybridized carbons (Fsp3) is 0.308. The van der Waals surface area contributed by atoms with Crippen LogP contribution in [-0.4, -0.2) is 14.7 Å². The summed E-state index contributed by atoms with van der Waals surface area (Å²) in [6.07, 6.45) is 1.84. The van der Waals surface area contributed by atoms with E-state index >= 15 is 0 Å². The molecule has 6 heteroatoms. The van der Waals surface area contributed by atoms with E-state index in [9.17, 15) is 10.1 Å². The molecule has 0 N–H and O–H groups in total. The molecule has 0 saturated heterocycles. The van der Waals surface area contributed by atoms with Gasteiger partial charge in [-0.3, -0.25) is 10.1 Å². The van der Waals surface area contributed by atoms with E-state index in [2.05, 4.69) is 18.9 Å². The molecule has 0 saturated carbocycles. The molecule has 0 fully saturated rings. The third-order valence-electron chi connectivity index (χ3n) is 2.87. The van der Waals surface area contributed by atoms with Crippen LogP contribution in [0.2, 0.25) is 0 Å². The highest BCUT2D eigenvalue weighted by molar-refractivity contribution is 6.17. The van der Waals surface area contributed by atoms with Crippen molar-refractivity contribution in [1.82, 2.24) is 9.78 Å². The topological polar surface area (TPSA) is 61.0 Å². The molecule has 1 aromatic carbocycles. The Kier molecular flexibility index (Phi) is 3.85. The Balaban J connectivity index is 2.46. The minimum atomic E-state index is -0.428. The van der Waals surface area contributed by atoms with Gasteiger partial charge in [-0.2, -0.15) is 5.10 Å². The zero-order valence-electron chi connectivity index (χ0n) is 10.7. The van der Waals surface area contributed by atoms with Crippen molar-refractivity contribution in [2.24, 2.45) is 0 Å². The van der Waals surface area contributed by atoms with E-state index in [0.29, 0.717) is 11.5 Å². The summed E-state index contributed by atoms with van der Waals surface area (Å²) in [6, 6.07) is 6.55. The highest BCUT2D eigenvalue weighted by atomic mass is 35.5. The molecule has 19 heavy (non-hydrogen) atoms. The lowest BCUT2D eigenvalue weighted by Crippen LogP contribution is -2.01. The van der Waals surface area contributed by atoms with Crippen molar-refractivity contribution in [3.8, 4) is 5.69 Å². The Labute approximate surface area is 116 Å². The average Bonchev–Trinajstić information content (AvgIpc) is 2.87. The van der Waals surface area contributed by atoms with Crippen LogP contribution < -0.4 is 0 Å². The van der Waals surface area contributed by atoms with Gasteiger partial charge in [0.25, 0.3) is 5.69 Å². The summed E-state index contributed by atoms with van der Waals surface area (Å²) in [5.41, 5.74) is 2.47. The van der Waals surface area contributed by atoms with E-state index in [1.807, 2.05) is 12.3 Å². The van der Waals surface area contributed by atoms with Gasteiger partial charge in [0, 0.05) is 24.2 Å². The summed E-state index contributed by atoms with van der Waals surface area (Å²) in [5, 5.41) is 15.2. The number of nitro groups is 1. The normalized spacial score (nSPS) is 10.9. The van der Waals surface area contributed by atoms with E-state index in [1.54, 1.807) is 10.7 Å². The fourth-order valence-electron chi connectivity index (χ4n) is 1.80. The van der Waals surface area contributed by atoms with Crippen LogP contribution in [0.5, 0.6) is 0 Å². The van der Waals surface area contributed by atoms with Gasteiger partial charge in [-0.15, -0.1) is 11.6 Å². The SMILES string of the molecule is CC(C)c1ccn(-c2ccc([N+](=O)[O-])cc2CCl)n1. The number of nitro benzene ring substituents is 1. The molecule has 1 aromatic heterocycles. The van der Waals surface area contributed by atoms with Gasteiger partial charge in [0.1, 0.15) is 0 Å². The van der Waals surface area contributed by atoms with E-state index in [0.717, 1.165) is 11.4 Å². The first-order valence-corrected chi connectivity index (χ1v) is 6.45. The molecule has 0 aliphatic carbocycles. The Morgan fingerprint density at radius 1 is 1.42 bits per heavy atom. The summed E-state index contributed by atoms with van der Waals surface area (Å²) >= 11 is 5.86. The lowest BCUT2D eigenvalue weighted by molar-refractivity contribution is -0.384. The maximum Gasteiger partial charge on any atom is 0.269 e. The zero-order chi connectivity index (χ0) is 14.0. The van der Waals surface area contributed by atoms with Gasteiger partial charge in [0.05, 0.1) is 16.3 Å². The molecule has 2 rings (SSSR count). The first kappa shape index (κ1) is 13.5. The number of aromatic nitrogens is 2. The summed E-state index contributed by atoms with van der Waals surface area (Å²) in [5.74, 6) is 0.534.